The summed E-state index contributed by atoms with van der Waals surface area (Å²) in [4.78, 5) is 23.5. The normalized spacial score (nSPS) is 9.77. The number of methoxy groups -OCH3 is 1. The number of carbonyl (C=O) groups excluding carboxylic acids is 2. The Kier molecular flexibility index (Phi) is 10.2. The molecule has 0 aromatic heterocycles. The summed E-state index contributed by atoms with van der Waals surface area (Å²) in [5, 5.41) is 8.52. The van der Waals surface area contributed by atoms with E-state index in [1.807, 2.05) is 13.8 Å². The molecule has 124 valence electrons. The molecule has 0 saturated carbocycles. The fourth-order valence-corrected chi connectivity index (χ4v) is 1.78. The molecule has 0 fully saturated rings. The largest absolute Gasteiger partial charge is 0.383 e. The van der Waals surface area contributed by atoms with E-state index in [-0.39, 0.29) is 30.8 Å². The summed E-state index contributed by atoms with van der Waals surface area (Å²) >= 11 is 0. The molecule has 0 bridgehead atoms. The summed E-state index contributed by atoms with van der Waals surface area (Å²) in [6.45, 7) is 5.73. The second-order valence-electron chi connectivity index (χ2n) is 4.61. The molecule has 6 nitrogen and oxygen atoms in total. The van der Waals surface area contributed by atoms with E-state index in [2.05, 4.69) is 16.0 Å². The minimum absolute atomic E-state index is 0. The van der Waals surface area contributed by atoms with Gasteiger partial charge in [-0.15, -0.1) is 12.4 Å². The summed E-state index contributed by atoms with van der Waals surface area (Å²) < 4.78 is 4.88. The van der Waals surface area contributed by atoms with Gasteiger partial charge < -0.3 is 20.7 Å². The number of nitrogens with one attached hydrogen (secondary N) is 3. The number of anilines is 1. The fourth-order valence-electron chi connectivity index (χ4n) is 1.78. The van der Waals surface area contributed by atoms with Crippen molar-refractivity contribution in [2.75, 3.05) is 38.7 Å². The molecule has 0 aliphatic carbocycles. The predicted octanol–water partition coefficient (Wildman–Crippen LogP) is 1.34. The van der Waals surface area contributed by atoms with Gasteiger partial charge in [0.25, 0.3) is 5.91 Å². The van der Waals surface area contributed by atoms with Gasteiger partial charge in [-0.3, -0.25) is 9.59 Å². The van der Waals surface area contributed by atoms with Gasteiger partial charge in [0, 0.05) is 31.5 Å². The number of rotatable bonds is 8. The molecule has 0 aliphatic heterocycles. The number of benzene rings is 1. The van der Waals surface area contributed by atoms with Crippen LogP contribution in [0.15, 0.2) is 18.2 Å². The van der Waals surface area contributed by atoms with Gasteiger partial charge in [0.15, 0.2) is 0 Å². The van der Waals surface area contributed by atoms with Crippen molar-refractivity contribution in [3.8, 4) is 0 Å². The molecule has 2 amide bonds. The highest BCUT2D eigenvalue weighted by atomic mass is 35.5. The molecule has 7 heteroatoms. The van der Waals surface area contributed by atoms with Crippen LogP contribution < -0.4 is 16.0 Å². The maximum atomic E-state index is 11.8. The van der Waals surface area contributed by atoms with Gasteiger partial charge in [0.2, 0.25) is 5.91 Å². The quantitative estimate of drug-likeness (QED) is 0.629. The topological polar surface area (TPSA) is 79.5 Å². The first-order chi connectivity index (χ1) is 10.1. The van der Waals surface area contributed by atoms with Crippen LogP contribution in [0.4, 0.5) is 5.69 Å². The van der Waals surface area contributed by atoms with E-state index < -0.39 is 0 Å². The van der Waals surface area contributed by atoms with Gasteiger partial charge in [0.1, 0.15) is 0 Å². The van der Waals surface area contributed by atoms with Crippen molar-refractivity contribution < 1.29 is 14.3 Å². The van der Waals surface area contributed by atoms with Crippen LogP contribution in [0.1, 0.15) is 22.8 Å². The number of ether oxygens (including phenoxy) is 1. The molecule has 1 aromatic rings. The number of amides is 2. The lowest BCUT2D eigenvalue weighted by Gasteiger charge is -2.11. The van der Waals surface area contributed by atoms with Crippen molar-refractivity contribution in [1.82, 2.24) is 10.6 Å². The summed E-state index contributed by atoms with van der Waals surface area (Å²) in [7, 11) is 1.61. The molecule has 1 rings (SSSR count). The predicted molar refractivity (Wildman–Crippen MR) is 89.8 cm³/mol. The maximum absolute atomic E-state index is 11.8. The standard InChI is InChI=1S/C15H23N3O3.ClH/c1-4-17-15(20)12-5-6-13(11(2)9-12)18-14(19)10-16-7-8-21-3;/h5-6,9,16H,4,7-8,10H2,1-3H3,(H,17,20)(H,18,19);1H. The molecule has 22 heavy (non-hydrogen) atoms. The SMILES string of the molecule is CCNC(=O)c1ccc(NC(=O)CNCCOC)c(C)c1.Cl. The second-order valence-corrected chi connectivity index (χ2v) is 4.61. The molecule has 3 N–H and O–H groups in total. The summed E-state index contributed by atoms with van der Waals surface area (Å²) in [5.74, 6) is -0.236. The monoisotopic (exact) mass is 329 g/mol. The van der Waals surface area contributed by atoms with Gasteiger partial charge in [-0.25, -0.2) is 0 Å². The first-order valence-electron chi connectivity index (χ1n) is 6.96. The lowest BCUT2D eigenvalue weighted by Crippen LogP contribution is -2.30. The zero-order valence-corrected chi connectivity index (χ0v) is 14.0. The molecule has 0 atom stereocenters. The van der Waals surface area contributed by atoms with E-state index >= 15 is 0 Å². The number of aryl methyl sites for hydroxylation is 1. The molecular formula is C15H24ClN3O3. The van der Waals surface area contributed by atoms with E-state index in [0.717, 1.165) is 5.56 Å². The molecule has 0 heterocycles. The molecule has 0 aliphatic rings. The molecule has 0 unspecified atom stereocenters. The number of carbonyl (C=O) groups is 2. The molecule has 0 radical (unpaired) electrons. The Bertz CT molecular complexity index is 495. The lowest BCUT2D eigenvalue weighted by molar-refractivity contribution is -0.115. The zero-order chi connectivity index (χ0) is 15.7. The maximum Gasteiger partial charge on any atom is 0.251 e. The van der Waals surface area contributed by atoms with E-state index in [0.29, 0.717) is 30.9 Å². The van der Waals surface area contributed by atoms with Crippen LogP contribution in [-0.4, -0.2) is 45.2 Å². The van der Waals surface area contributed by atoms with Crippen molar-refractivity contribution in [2.45, 2.75) is 13.8 Å². The third kappa shape index (κ3) is 6.89. The van der Waals surface area contributed by atoms with Crippen LogP contribution in [0.5, 0.6) is 0 Å². The first-order valence-corrected chi connectivity index (χ1v) is 6.96. The molecule has 0 saturated heterocycles. The van der Waals surface area contributed by atoms with E-state index in [1.165, 1.54) is 0 Å². The van der Waals surface area contributed by atoms with Crippen molar-refractivity contribution in [3.63, 3.8) is 0 Å². The van der Waals surface area contributed by atoms with Crippen LogP contribution >= 0.6 is 12.4 Å². The highest BCUT2D eigenvalue weighted by molar-refractivity contribution is 5.96. The van der Waals surface area contributed by atoms with Crippen molar-refractivity contribution in [3.05, 3.63) is 29.3 Å². The van der Waals surface area contributed by atoms with Crippen LogP contribution in [0.3, 0.4) is 0 Å². The van der Waals surface area contributed by atoms with Crippen LogP contribution in [-0.2, 0) is 9.53 Å². The zero-order valence-electron chi connectivity index (χ0n) is 13.2. The number of hydrogen-bond acceptors (Lipinski definition) is 4. The van der Waals surface area contributed by atoms with Gasteiger partial charge in [0.05, 0.1) is 13.2 Å². The third-order valence-electron chi connectivity index (χ3n) is 2.87. The van der Waals surface area contributed by atoms with Crippen LogP contribution in [0.25, 0.3) is 0 Å². The summed E-state index contributed by atoms with van der Waals surface area (Å²) in [5.41, 5.74) is 2.15. The first kappa shape index (κ1) is 20.4. The second kappa shape index (κ2) is 11.0. The fraction of sp³-hybridized carbons (Fsp3) is 0.467. The van der Waals surface area contributed by atoms with Crippen molar-refractivity contribution in [2.24, 2.45) is 0 Å². The van der Waals surface area contributed by atoms with Gasteiger partial charge >= 0.3 is 0 Å². The van der Waals surface area contributed by atoms with Crippen molar-refractivity contribution in [1.29, 1.82) is 0 Å². The molecule has 1 aromatic carbocycles. The van der Waals surface area contributed by atoms with Crippen LogP contribution in [0, 0.1) is 6.92 Å². The Morgan fingerprint density at radius 1 is 1.27 bits per heavy atom. The van der Waals surface area contributed by atoms with E-state index in [9.17, 15) is 9.59 Å². The van der Waals surface area contributed by atoms with Gasteiger partial charge in [-0.1, -0.05) is 0 Å². The average Bonchev–Trinajstić information content (AvgIpc) is 2.46. The number of halogens is 1. The Labute approximate surface area is 137 Å². The highest BCUT2D eigenvalue weighted by Crippen LogP contribution is 2.16. The average molecular weight is 330 g/mol. The third-order valence-corrected chi connectivity index (χ3v) is 2.87. The Hall–Kier alpha value is -1.63. The Morgan fingerprint density at radius 3 is 2.59 bits per heavy atom. The smallest absolute Gasteiger partial charge is 0.251 e. The number of hydrogen-bond donors (Lipinski definition) is 3. The van der Waals surface area contributed by atoms with Crippen LogP contribution in [0.2, 0.25) is 0 Å². The molecular weight excluding hydrogens is 306 g/mol. The summed E-state index contributed by atoms with van der Waals surface area (Å²) in [6.07, 6.45) is 0. The minimum Gasteiger partial charge on any atom is -0.383 e. The Balaban J connectivity index is 0.00000441. The van der Waals surface area contributed by atoms with E-state index in [1.54, 1.807) is 25.3 Å². The molecule has 0 spiro atoms. The highest BCUT2D eigenvalue weighted by Gasteiger charge is 2.08. The van der Waals surface area contributed by atoms with E-state index in [4.69, 9.17) is 4.74 Å². The summed E-state index contributed by atoms with van der Waals surface area (Å²) in [6, 6.07) is 5.21. The lowest BCUT2D eigenvalue weighted by atomic mass is 10.1. The Morgan fingerprint density at radius 2 is 2.00 bits per heavy atom. The van der Waals surface area contributed by atoms with Gasteiger partial charge in [-0.2, -0.15) is 0 Å². The minimum atomic E-state index is -0.125. The van der Waals surface area contributed by atoms with Crippen molar-refractivity contribution >= 4 is 29.9 Å². The van der Waals surface area contributed by atoms with Gasteiger partial charge in [-0.05, 0) is 37.6 Å².